The van der Waals surface area contributed by atoms with Crippen LogP contribution in [0.15, 0.2) is 0 Å². The summed E-state index contributed by atoms with van der Waals surface area (Å²) in [5.74, 6) is -0.367. The fourth-order valence-corrected chi connectivity index (χ4v) is 0.963. The van der Waals surface area contributed by atoms with E-state index in [0.29, 0.717) is 13.0 Å². The summed E-state index contributed by atoms with van der Waals surface area (Å²) in [5, 5.41) is 0. The quantitative estimate of drug-likeness (QED) is 0.637. The maximum atomic E-state index is 11.1. The normalized spacial score (nSPS) is 11.7. The van der Waals surface area contributed by atoms with Gasteiger partial charge in [0, 0.05) is 0 Å². The average molecular weight is 218 g/mol. The molecule has 88 valence electrons. The first-order valence-electron chi connectivity index (χ1n) is 5.13. The first-order chi connectivity index (χ1) is 7.13. The Morgan fingerprint density at radius 3 is 2.13 bits per heavy atom. The summed E-state index contributed by atoms with van der Waals surface area (Å²) < 4.78 is 14.2. The van der Waals surface area contributed by atoms with Gasteiger partial charge in [-0.3, -0.25) is 4.79 Å². The van der Waals surface area contributed by atoms with Gasteiger partial charge < -0.3 is 14.2 Å². The first kappa shape index (κ1) is 13.7. The van der Waals surface area contributed by atoms with Crippen molar-refractivity contribution in [3.8, 4) is 0 Å². The van der Waals surface area contributed by atoms with Gasteiger partial charge >= 0.3 is 12.1 Å². The lowest BCUT2D eigenvalue weighted by Crippen LogP contribution is -2.22. The smallest absolute Gasteiger partial charge is 0.466 e. The molecular weight excluding hydrogens is 200 g/mol. The van der Waals surface area contributed by atoms with E-state index in [0.717, 1.165) is 0 Å². The maximum absolute atomic E-state index is 11.1. The molecule has 0 N–H and O–H groups in total. The Kier molecular flexibility index (Phi) is 7.40. The number of ether oxygens (including phenoxy) is 3. The summed E-state index contributed by atoms with van der Waals surface area (Å²) in [5.41, 5.74) is 0. The highest BCUT2D eigenvalue weighted by Crippen LogP contribution is 2.06. The van der Waals surface area contributed by atoms with Gasteiger partial charge in [-0.1, -0.05) is 6.92 Å². The molecule has 0 amide bonds. The molecule has 0 aromatic heterocycles. The fraction of sp³-hybridized carbons (Fsp3) is 0.800. The van der Waals surface area contributed by atoms with E-state index < -0.39 is 12.3 Å². The van der Waals surface area contributed by atoms with Crippen molar-refractivity contribution in [1.29, 1.82) is 0 Å². The monoisotopic (exact) mass is 218 g/mol. The van der Waals surface area contributed by atoms with E-state index in [1.54, 1.807) is 13.8 Å². The second-order valence-corrected chi connectivity index (χ2v) is 2.84. The summed E-state index contributed by atoms with van der Waals surface area (Å²) in [7, 11) is 0. The Bertz CT molecular complexity index is 182. The van der Waals surface area contributed by atoms with Crippen molar-refractivity contribution in [3.05, 3.63) is 0 Å². The number of hydrogen-bond acceptors (Lipinski definition) is 5. The Balaban J connectivity index is 3.91. The minimum atomic E-state index is -0.742. The van der Waals surface area contributed by atoms with Crippen molar-refractivity contribution in [3.63, 3.8) is 0 Å². The van der Waals surface area contributed by atoms with Gasteiger partial charge in [0.1, 0.15) is 6.10 Å². The zero-order chi connectivity index (χ0) is 11.7. The van der Waals surface area contributed by atoms with Crippen molar-refractivity contribution in [2.24, 2.45) is 0 Å². The van der Waals surface area contributed by atoms with Crippen LogP contribution in [-0.2, 0) is 19.0 Å². The van der Waals surface area contributed by atoms with E-state index >= 15 is 0 Å². The third kappa shape index (κ3) is 6.76. The van der Waals surface area contributed by atoms with Crippen LogP contribution in [0.3, 0.4) is 0 Å². The van der Waals surface area contributed by atoms with Crippen LogP contribution in [-0.4, -0.2) is 31.4 Å². The van der Waals surface area contributed by atoms with E-state index in [-0.39, 0.29) is 19.0 Å². The van der Waals surface area contributed by atoms with Gasteiger partial charge in [-0.05, 0) is 20.3 Å². The second-order valence-electron chi connectivity index (χ2n) is 2.84. The van der Waals surface area contributed by atoms with Gasteiger partial charge in [-0.2, -0.15) is 0 Å². The highest BCUT2D eigenvalue weighted by Gasteiger charge is 2.17. The summed E-state index contributed by atoms with van der Waals surface area (Å²) in [4.78, 5) is 22.1. The fourth-order valence-electron chi connectivity index (χ4n) is 0.963. The molecule has 1 unspecified atom stereocenters. The number of carbonyl (C=O) groups excluding carboxylic acids is 2. The molecule has 5 heteroatoms. The molecule has 0 aromatic rings. The molecule has 0 saturated carbocycles. The summed E-state index contributed by atoms with van der Waals surface area (Å²) in [6, 6.07) is 0. The van der Waals surface area contributed by atoms with Gasteiger partial charge in [0.15, 0.2) is 0 Å². The molecular formula is C10H18O5. The van der Waals surface area contributed by atoms with Crippen LogP contribution >= 0.6 is 0 Å². The molecule has 1 atom stereocenters. The molecule has 0 aliphatic rings. The molecule has 0 aromatic carbocycles. The summed E-state index contributed by atoms with van der Waals surface area (Å²) in [6.45, 7) is 5.82. The van der Waals surface area contributed by atoms with E-state index in [9.17, 15) is 9.59 Å². The van der Waals surface area contributed by atoms with Gasteiger partial charge in [-0.15, -0.1) is 0 Å². The molecule has 15 heavy (non-hydrogen) atoms. The van der Waals surface area contributed by atoms with Crippen LogP contribution in [0.5, 0.6) is 0 Å². The minimum Gasteiger partial charge on any atom is -0.466 e. The van der Waals surface area contributed by atoms with Crippen LogP contribution in [0, 0.1) is 0 Å². The standard InChI is InChI=1S/C10H18O5/c1-4-8(7-9(11)13-5-2)15-10(12)14-6-3/h8H,4-7H2,1-3H3. The average Bonchev–Trinajstić information content (AvgIpc) is 2.17. The first-order valence-corrected chi connectivity index (χ1v) is 5.13. The van der Waals surface area contributed by atoms with Crippen LogP contribution in [0.25, 0.3) is 0 Å². The molecule has 0 aliphatic carbocycles. The molecule has 0 heterocycles. The predicted octanol–water partition coefficient (Wildman–Crippen LogP) is 1.89. The van der Waals surface area contributed by atoms with Gasteiger partial charge in [0.2, 0.25) is 0 Å². The van der Waals surface area contributed by atoms with Gasteiger partial charge in [0.25, 0.3) is 0 Å². The highest BCUT2D eigenvalue weighted by atomic mass is 16.7. The van der Waals surface area contributed by atoms with E-state index in [1.165, 1.54) is 0 Å². The molecule has 0 fully saturated rings. The van der Waals surface area contributed by atoms with Gasteiger partial charge in [-0.25, -0.2) is 4.79 Å². The number of rotatable bonds is 6. The second kappa shape index (κ2) is 8.08. The Labute approximate surface area is 89.7 Å². The third-order valence-electron chi connectivity index (χ3n) is 1.68. The molecule has 5 nitrogen and oxygen atoms in total. The Morgan fingerprint density at radius 1 is 1.07 bits per heavy atom. The van der Waals surface area contributed by atoms with Crippen molar-refractivity contribution < 1.29 is 23.8 Å². The van der Waals surface area contributed by atoms with Crippen molar-refractivity contribution >= 4 is 12.1 Å². The van der Waals surface area contributed by atoms with E-state index in [4.69, 9.17) is 9.47 Å². The summed E-state index contributed by atoms with van der Waals surface area (Å²) >= 11 is 0. The lowest BCUT2D eigenvalue weighted by Gasteiger charge is -2.14. The maximum Gasteiger partial charge on any atom is 0.508 e. The molecule has 0 saturated heterocycles. The lowest BCUT2D eigenvalue weighted by atomic mass is 10.2. The zero-order valence-electron chi connectivity index (χ0n) is 9.45. The highest BCUT2D eigenvalue weighted by molar-refractivity contribution is 5.70. The molecule has 0 aliphatic heterocycles. The van der Waals surface area contributed by atoms with Crippen molar-refractivity contribution in [2.45, 2.75) is 39.7 Å². The van der Waals surface area contributed by atoms with Crippen LogP contribution in [0.4, 0.5) is 4.79 Å². The number of hydrogen-bond donors (Lipinski definition) is 0. The Hall–Kier alpha value is -1.26. The largest absolute Gasteiger partial charge is 0.508 e. The Morgan fingerprint density at radius 2 is 1.67 bits per heavy atom. The van der Waals surface area contributed by atoms with Crippen LogP contribution in [0.2, 0.25) is 0 Å². The van der Waals surface area contributed by atoms with Crippen LogP contribution in [0.1, 0.15) is 33.6 Å². The zero-order valence-corrected chi connectivity index (χ0v) is 9.45. The predicted molar refractivity (Wildman–Crippen MR) is 53.4 cm³/mol. The topological polar surface area (TPSA) is 61.8 Å². The number of esters is 1. The molecule has 0 rings (SSSR count). The minimum absolute atomic E-state index is 0.0726. The van der Waals surface area contributed by atoms with E-state index in [2.05, 4.69) is 4.74 Å². The van der Waals surface area contributed by atoms with E-state index in [1.807, 2.05) is 6.92 Å². The van der Waals surface area contributed by atoms with Crippen molar-refractivity contribution in [1.82, 2.24) is 0 Å². The summed E-state index contributed by atoms with van der Waals surface area (Å²) in [6.07, 6.45) is -0.586. The molecule has 0 radical (unpaired) electrons. The van der Waals surface area contributed by atoms with Gasteiger partial charge in [0.05, 0.1) is 19.6 Å². The molecule has 0 bridgehead atoms. The molecule has 0 spiro atoms. The third-order valence-corrected chi connectivity index (χ3v) is 1.68. The SMILES string of the molecule is CCOC(=O)CC(CC)OC(=O)OCC. The number of carbonyl (C=O) groups is 2. The van der Waals surface area contributed by atoms with Crippen molar-refractivity contribution in [2.75, 3.05) is 13.2 Å². The lowest BCUT2D eigenvalue weighted by molar-refractivity contribution is -0.145. The van der Waals surface area contributed by atoms with Crippen LogP contribution < -0.4 is 0 Å².